The van der Waals surface area contributed by atoms with Gasteiger partial charge in [-0.3, -0.25) is 4.79 Å². The van der Waals surface area contributed by atoms with Crippen LogP contribution in [0.2, 0.25) is 0 Å². The molecule has 3 nitrogen and oxygen atoms in total. The van der Waals surface area contributed by atoms with Crippen LogP contribution in [0.4, 0.5) is 4.39 Å². The summed E-state index contributed by atoms with van der Waals surface area (Å²) in [5.41, 5.74) is -0.0183. The first-order valence-corrected chi connectivity index (χ1v) is 6.53. The highest BCUT2D eigenvalue weighted by molar-refractivity contribution is 5.75. The zero-order valence-corrected chi connectivity index (χ0v) is 11.3. The molecule has 1 aliphatic rings. The molecule has 1 aliphatic carbocycles. The Labute approximate surface area is 112 Å². The fourth-order valence-corrected chi connectivity index (χ4v) is 3.03. The molecule has 0 amide bonds. The molecule has 19 heavy (non-hydrogen) atoms. The van der Waals surface area contributed by atoms with Gasteiger partial charge in [0.15, 0.2) is 11.6 Å². The lowest BCUT2D eigenvalue weighted by molar-refractivity contribution is -0.148. The molecule has 0 aliphatic heterocycles. The zero-order chi connectivity index (χ0) is 14.0. The molecule has 1 saturated carbocycles. The monoisotopic (exact) mass is 266 g/mol. The summed E-state index contributed by atoms with van der Waals surface area (Å²) in [4.78, 5) is 11.6. The molecule has 1 N–H and O–H groups in total. The number of halogens is 1. The van der Waals surface area contributed by atoms with Crippen LogP contribution in [0, 0.1) is 17.2 Å². The summed E-state index contributed by atoms with van der Waals surface area (Å²) in [5, 5.41) is 9.49. The number of carbonyl (C=O) groups is 1. The lowest BCUT2D eigenvalue weighted by Gasteiger charge is -2.24. The van der Waals surface area contributed by atoms with Gasteiger partial charge in [0.05, 0.1) is 12.5 Å². The molecule has 0 heterocycles. The van der Waals surface area contributed by atoms with Crippen molar-refractivity contribution in [2.24, 2.45) is 11.3 Å². The van der Waals surface area contributed by atoms with Crippen LogP contribution < -0.4 is 4.74 Å². The average molecular weight is 266 g/mol. The number of carboxylic acids is 1. The van der Waals surface area contributed by atoms with E-state index in [1.807, 2.05) is 0 Å². The number of hydrogen-bond donors (Lipinski definition) is 1. The SMILES string of the molecule is COc1ccc(CC2(C(=O)O)CCC(C)C2)cc1F. The summed E-state index contributed by atoms with van der Waals surface area (Å²) in [7, 11) is 1.41. The van der Waals surface area contributed by atoms with E-state index in [1.54, 1.807) is 12.1 Å². The van der Waals surface area contributed by atoms with E-state index in [2.05, 4.69) is 6.92 Å². The van der Waals surface area contributed by atoms with Crippen molar-refractivity contribution < 1.29 is 19.0 Å². The number of rotatable bonds is 4. The van der Waals surface area contributed by atoms with Crippen LogP contribution in [0.1, 0.15) is 31.7 Å². The van der Waals surface area contributed by atoms with Gasteiger partial charge in [-0.25, -0.2) is 4.39 Å². The molecule has 0 spiro atoms. The Bertz CT molecular complexity index is 486. The van der Waals surface area contributed by atoms with E-state index in [0.717, 1.165) is 12.0 Å². The third-order valence-corrected chi connectivity index (χ3v) is 4.07. The number of ether oxygens (including phenoxy) is 1. The second kappa shape index (κ2) is 5.19. The van der Waals surface area contributed by atoms with Crippen LogP contribution in [0.15, 0.2) is 18.2 Å². The van der Waals surface area contributed by atoms with Gasteiger partial charge in [0.1, 0.15) is 0 Å². The Morgan fingerprint density at radius 2 is 2.32 bits per heavy atom. The zero-order valence-electron chi connectivity index (χ0n) is 11.3. The molecule has 2 atom stereocenters. The van der Waals surface area contributed by atoms with E-state index < -0.39 is 17.2 Å². The maximum absolute atomic E-state index is 13.7. The van der Waals surface area contributed by atoms with Crippen molar-refractivity contribution >= 4 is 5.97 Å². The molecule has 1 aromatic carbocycles. The largest absolute Gasteiger partial charge is 0.494 e. The number of aliphatic carboxylic acids is 1. The van der Waals surface area contributed by atoms with Gasteiger partial charge in [-0.2, -0.15) is 0 Å². The minimum Gasteiger partial charge on any atom is -0.494 e. The molecule has 0 saturated heterocycles. The van der Waals surface area contributed by atoms with Gasteiger partial charge < -0.3 is 9.84 Å². The Morgan fingerprint density at radius 1 is 1.58 bits per heavy atom. The van der Waals surface area contributed by atoms with Gasteiger partial charge in [-0.05, 0) is 49.3 Å². The number of carboxylic acid groups (broad SMARTS) is 1. The fourth-order valence-electron chi connectivity index (χ4n) is 3.03. The molecular weight excluding hydrogens is 247 g/mol. The van der Waals surface area contributed by atoms with Crippen LogP contribution in [0.3, 0.4) is 0 Å². The van der Waals surface area contributed by atoms with Crippen LogP contribution in [-0.2, 0) is 11.2 Å². The number of benzene rings is 1. The second-order valence-corrected chi connectivity index (χ2v) is 5.58. The first-order chi connectivity index (χ1) is 8.97. The maximum atomic E-state index is 13.7. The molecule has 1 fully saturated rings. The molecule has 0 radical (unpaired) electrons. The molecule has 1 aromatic rings. The fraction of sp³-hybridized carbons (Fsp3) is 0.533. The van der Waals surface area contributed by atoms with E-state index >= 15 is 0 Å². The molecule has 2 rings (SSSR count). The summed E-state index contributed by atoms with van der Waals surface area (Å²) in [6.45, 7) is 2.07. The first kappa shape index (κ1) is 13.8. The third-order valence-electron chi connectivity index (χ3n) is 4.07. The van der Waals surface area contributed by atoms with Crippen LogP contribution in [0.5, 0.6) is 5.75 Å². The van der Waals surface area contributed by atoms with Crippen molar-refractivity contribution in [2.45, 2.75) is 32.6 Å². The smallest absolute Gasteiger partial charge is 0.309 e. The normalized spacial score (nSPS) is 26.4. The third kappa shape index (κ3) is 2.72. The lowest BCUT2D eigenvalue weighted by Crippen LogP contribution is -2.30. The van der Waals surface area contributed by atoms with Crippen molar-refractivity contribution in [1.82, 2.24) is 0 Å². The van der Waals surface area contributed by atoms with E-state index in [9.17, 15) is 14.3 Å². The van der Waals surface area contributed by atoms with Gasteiger partial charge in [0.2, 0.25) is 0 Å². The minimum absolute atomic E-state index is 0.188. The highest BCUT2D eigenvalue weighted by Crippen LogP contribution is 2.44. The van der Waals surface area contributed by atoms with Crippen LogP contribution >= 0.6 is 0 Å². The lowest BCUT2D eigenvalue weighted by atomic mass is 9.79. The van der Waals surface area contributed by atoms with Crippen LogP contribution in [-0.4, -0.2) is 18.2 Å². The summed E-state index contributed by atoms with van der Waals surface area (Å²) < 4.78 is 18.5. The molecular formula is C15H19FO3. The first-order valence-electron chi connectivity index (χ1n) is 6.53. The van der Waals surface area contributed by atoms with Crippen molar-refractivity contribution in [3.63, 3.8) is 0 Å². The van der Waals surface area contributed by atoms with Crippen LogP contribution in [0.25, 0.3) is 0 Å². The predicted molar refractivity (Wildman–Crippen MR) is 69.7 cm³/mol. The van der Waals surface area contributed by atoms with Crippen molar-refractivity contribution in [1.29, 1.82) is 0 Å². The molecule has 104 valence electrons. The van der Waals surface area contributed by atoms with E-state index in [4.69, 9.17) is 4.74 Å². The highest BCUT2D eigenvalue weighted by atomic mass is 19.1. The van der Waals surface area contributed by atoms with Gasteiger partial charge in [0, 0.05) is 0 Å². The number of hydrogen-bond acceptors (Lipinski definition) is 2. The average Bonchev–Trinajstić information content (AvgIpc) is 2.72. The Morgan fingerprint density at radius 3 is 2.79 bits per heavy atom. The standard InChI is InChI=1S/C15H19FO3/c1-10-5-6-15(8-10,14(17)18)9-11-3-4-13(19-2)12(16)7-11/h3-4,7,10H,5-6,8-9H2,1-2H3,(H,17,18). The van der Waals surface area contributed by atoms with Gasteiger partial charge >= 0.3 is 5.97 Å². The van der Waals surface area contributed by atoms with E-state index in [-0.39, 0.29) is 5.75 Å². The van der Waals surface area contributed by atoms with Gasteiger partial charge in [-0.15, -0.1) is 0 Å². The Hall–Kier alpha value is -1.58. The topological polar surface area (TPSA) is 46.5 Å². The Balaban J connectivity index is 2.23. The predicted octanol–water partition coefficient (Wildman–Crippen LogP) is 3.27. The molecule has 4 heteroatoms. The van der Waals surface area contributed by atoms with Gasteiger partial charge in [-0.1, -0.05) is 13.0 Å². The summed E-state index contributed by atoms with van der Waals surface area (Å²) >= 11 is 0. The molecule has 2 unspecified atom stereocenters. The van der Waals surface area contributed by atoms with Gasteiger partial charge in [0.25, 0.3) is 0 Å². The number of methoxy groups -OCH3 is 1. The maximum Gasteiger partial charge on any atom is 0.309 e. The quantitative estimate of drug-likeness (QED) is 0.909. The molecule has 0 bridgehead atoms. The molecule has 0 aromatic heterocycles. The summed E-state index contributed by atoms with van der Waals surface area (Å²) in [5.74, 6) is -0.605. The Kier molecular flexibility index (Phi) is 3.78. The van der Waals surface area contributed by atoms with E-state index in [1.165, 1.54) is 13.2 Å². The summed E-state index contributed by atoms with van der Waals surface area (Å²) in [6.07, 6.45) is 2.63. The highest BCUT2D eigenvalue weighted by Gasteiger charge is 2.44. The minimum atomic E-state index is -0.770. The van der Waals surface area contributed by atoms with E-state index in [0.29, 0.717) is 25.2 Å². The van der Waals surface area contributed by atoms with Crippen molar-refractivity contribution in [3.05, 3.63) is 29.6 Å². The summed E-state index contributed by atoms with van der Waals surface area (Å²) in [6, 6.07) is 4.68. The second-order valence-electron chi connectivity index (χ2n) is 5.58. The van der Waals surface area contributed by atoms with Crippen molar-refractivity contribution in [3.8, 4) is 5.75 Å². The van der Waals surface area contributed by atoms with Crippen molar-refractivity contribution in [2.75, 3.05) is 7.11 Å².